The zero-order chi connectivity index (χ0) is 15.4. The second-order valence-electron chi connectivity index (χ2n) is 5.01. The predicted molar refractivity (Wildman–Crippen MR) is 89.6 cm³/mol. The molecular formula is C17H17Cl2NO. The van der Waals surface area contributed by atoms with Crippen LogP contribution in [0, 0.1) is 0 Å². The third kappa shape index (κ3) is 3.99. The maximum Gasteiger partial charge on any atom is 0.257 e. The molecule has 0 aliphatic carbocycles. The van der Waals surface area contributed by atoms with E-state index in [1.807, 2.05) is 24.3 Å². The van der Waals surface area contributed by atoms with Gasteiger partial charge in [0.2, 0.25) is 0 Å². The van der Waals surface area contributed by atoms with Gasteiger partial charge in [-0.25, -0.2) is 0 Å². The van der Waals surface area contributed by atoms with Crippen LogP contribution in [-0.4, -0.2) is 5.91 Å². The Morgan fingerprint density at radius 3 is 2.43 bits per heavy atom. The van der Waals surface area contributed by atoms with E-state index < -0.39 is 0 Å². The molecule has 2 aromatic carbocycles. The number of hydrogen-bond donors (Lipinski definition) is 1. The number of carbonyl (C=O) groups is 1. The molecule has 2 aromatic rings. The van der Waals surface area contributed by atoms with Crippen LogP contribution in [0.3, 0.4) is 0 Å². The van der Waals surface area contributed by atoms with Gasteiger partial charge in [-0.05, 0) is 48.2 Å². The average molecular weight is 322 g/mol. The topological polar surface area (TPSA) is 29.1 Å². The van der Waals surface area contributed by atoms with Gasteiger partial charge in [-0.15, -0.1) is 0 Å². The molecule has 0 heterocycles. The van der Waals surface area contributed by atoms with E-state index in [0.717, 1.165) is 12.1 Å². The fraction of sp³-hybridized carbons (Fsp3) is 0.235. The second kappa shape index (κ2) is 6.97. The zero-order valence-corrected chi connectivity index (χ0v) is 13.5. The number of hydrogen-bond acceptors (Lipinski definition) is 1. The summed E-state index contributed by atoms with van der Waals surface area (Å²) in [5.41, 5.74) is 2.37. The van der Waals surface area contributed by atoms with Gasteiger partial charge in [-0.2, -0.15) is 0 Å². The molecule has 1 atom stereocenters. The first kappa shape index (κ1) is 15.9. The van der Waals surface area contributed by atoms with Crippen LogP contribution in [0.25, 0.3) is 0 Å². The van der Waals surface area contributed by atoms with E-state index in [4.69, 9.17) is 23.2 Å². The minimum Gasteiger partial charge on any atom is -0.322 e. The first-order chi connectivity index (χ1) is 10.0. The minimum atomic E-state index is -0.265. The highest BCUT2D eigenvalue weighted by Gasteiger charge is 2.11. The van der Waals surface area contributed by atoms with E-state index in [-0.39, 0.29) is 5.91 Å². The molecule has 0 aliphatic heterocycles. The lowest BCUT2D eigenvalue weighted by Gasteiger charge is -2.11. The van der Waals surface area contributed by atoms with Crippen molar-refractivity contribution in [1.29, 1.82) is 0 Å². The summed E-state index contributed by atoms with van der Waals surface area (Å²) < 4.78 is 0. The van der Waals surface area contributed by atoms with Gasteiger partial charge < -0.3 is 5.32 Å². The molecule has 0 bridgehead atoms. The Labute approximate surface area is 135 Å². The fourth-order valence-electron chi connectivity index (χ4n) is 2.00. The van der Waals surface area contributed by atoms with Gasteiger partial charge in [0.15, 0.2) is 0 Å². The highest BCUT2D eigenvalue weighted by atomic mass is 35.5. The van der Waals surface area contributed by atoms with Crippen LogP contribution in [0.15, 0.2) is 42.5 Å². The normalized spacial score (nSPS) is 12.0. The zero-order valence-electron chi connectivity index (χ0n) is 12.0. The molecule has 0 fully saturated rings. The SMILES string of the molecule is CCC(C)c1ccc(NC(=O)c2cc(Cl)ccc2Cl)cc1. The Balaban J connectivity index is 2.14. The van der Waals surface area contributed by atoms with Gasteiger partial charge in [0.25, 0.3) is 5.91 Å². The quantitative estimate of drug-likeness (QED) is 0.762. The van der Waals surface area contributed by atoms with Crippen molar-refractivity contribution in [2.75, 3.05) is 5.32 Å². The summed E-state index contributed by atoms with van der Waals surface area (Å²) in [6.45, 7) is 4.33. The van der Waals surface area contributed by atoms with Crippen LogP contribution in [0.4, 0.5) is 5.69 Å². The summed E-state index contributed by atoms with van der Waals surface area (Å²) in [7, 11) is 0. The van der Waals surface area contributed by atoms with E-state index in [0.29, 0.717) is 21.5 Å². The van der Waals surface area contributed by atoms with E-state index in [9.17, 15) is 4.79 Å². The van der Waals surface area contributed by atoms with Crippen molar-refractivity contribution >= 4 is 34.8 Å². The van der Waals surface area contributed by atoms with Crippen molar-refractivity contribution < 1.29 is 4.79 Å². The lowest BCUT2D eigenvalue weighted by molar-refractivity contribution is 0.102. The van der Waals surface area contributed by atoms with Crippen LogP contribution in [0.5, 0.6) is 0 Å². The van der Waals surface area contributed by atoms with Gasteiger partial charge in [-0.1, -0.05) is 49.2 Å². The van der Waals surface area contributed by atoms with Crippen molar-refractivity contribution in [2.45, 2.75) is 26.2 Å². The molecule has 110 valence electrons. The Kier molecular flexibility index (Phi) is 5.27. The van der Waals surface area contributed by atoms with Crippen LogP contribution in [0.2, 0.25) is 10.0 Å². The van der Waals surface area contributed by atoms with E-state index in [1.54, 1.807) is 18.2 Å². The molecule has 0 radical (unpaired) electrons. The smallest absolute Gasteiger partial charge is 0.257 e. The van der Waals surface area contributed by atoms with Gasteiger partial charge in [0.05, 0.1) is 10.6 Å². The maximum absolute atomic E-state index is 12.2. The van der Waals surface area contributed by atoms with E-state index in [1.165, 1.54) is 5.56 Å². The van der Waals surface area contributed by atoms with Gasteiger partial charge in [0.1, 0.15) is 0 Å². The van der Waals surface area contributed by atoms with Crippen molar-refractivity contribution in [3.05, 3.63) is 63.6 Å². The number of halogens is 2. The highest BCUT2D eigenvalue weighted by molar-refractivity contribution is 6.36. The third-order valence-electron chi connectivity index (χ3n) is 3.52. The number of anilines is 1. The molecule has 1 unspecified atom stereocenters. The number of rotatable bonds is 4. The fourth-order valence-corrected chi connectivity index (χ4v) is 2.38. The van der Waals surface area contributed by atoms with Crippen molar-refractivity contribution in [3.63, 3.8) is 0 Å². The molecule has 2 nitrogen and oxygen atoms in total. The van der Waals surface area contributed by atoms with Crippen LogP contribution < -0.4 is 5.32 Å². The summed E-state index contributed by atoms with van der Waals surface area (Å²) in [4.78, 5) is 12.2. The Morgan fingerprint density at radius 2 is 1.81 bits per heavy atom. The molecule has 0 saturated carbocycles. The lowest BCUT2D eigenvalue weighted by Crippen LogP contribution is -2.12. The lowest BCUT2D eigenvalue weighted by atomic mass is 9.98. The molecule has 1 amide bonds. The van der Waals surface area contributed by atoms with E-state index in [2.05, 4.69) is 19.2 Å². The summed E-state index contributed by atoms with van der Waals surface area (Å²) >= 11 is 11.9. The minimum absolute atomic E-state index is 0.265. The number of nitrogens with one attached hydrogen (secondary N) is 1. The van der Waals surface area contributed by atoms with Gasteiger partial charge in [0, 0.05) is 10.7 Å². The molecule has 1 N–H and O–H groups in total. The number of carbonyl (C=O) groups excluding carboxylic acids is 1. The number of benzene rings is 2. The molecular weight excluding hydrogens is 305 g/mol. The predicted octanol–water partition coefficient (Wildman–Crippen LogP) is 5.76. The second-order valence-corrected chi connectivity index (χ2v) is 5.85. The maximum atomic E-state index is 12.2. The largest absolute Gasteiger partial charge is 0.322 e. The summed E-state index contributed by atoms with van der Waals surface area (Å²) in [5.74, 6) is 0.246. The highest BCUT2D eigenvalue weighted by Crippen LogP contribution is 2.23. The average Bonchev–Trinajstić information content (AvgIpc) is 2.49. The summed E-state index contributed by atoms with van der Waals surface area (Å²) in [6, 6.07) is 12.7. The van der Waals surface area contributed by atoms with Crippen molar-refractivity contribution in [1.82, 2.24) is 0 Å². The van der Waals surface area contributed by atoms with E-state index >= 15 is 0 Å². The third-order valence-corrected chi connectivity index (χ3v) is 4.09. The molecule has 2 rings (SSSR count). The standard InChI is InChI=1S/C17H17Cl2NO/c1-3-11(2)12-4-7-14(8-5-12)20-17(21)15-10-13(18)6-9-16(15)19/h4-11H,3H2,1-2H3,(H,20,21). The first-order valence-corrected chi connectivity index (χ1v) is 7.63. The molecule has 4 heteroatoms. The Bertz CT molecular complexity index is 638. The summed E-state index contributed by atoms with van der Waals surface area (Å²) in [5, 5.41) is 3.69. The van der Waals surface area contributed by atoms with Gasteiger partial charge in [-0.3, -0.25) is 4.79 Å². The monoisotopic (exact) mass is 321 g/mol. The molecule has 0 aromatic heterocycles. The molecule has 0 spiro atoms. The van der Waals surface area contributed by atoms with Crippen LogP contribution >= 0.6 is 23.2 Å². The molecule has 0 saturated heterocycles. The van der Waals surface area contributed by atoms with Crippen LogP contribution in [-0.2, 0) is 0 Å². The van der Waals surface area contributed by atoms with Crippen molar-refractivity contribution in [2.24, 2.45) is 0 Å². The first-order valence-electron chi connectivity index (χ1n) is 6.87. The molecule has 21 heavy (non-hydrogen) atoms. The van der Waals surface area contributed by atoms with Gasteiger partial charge >= 0.3 is 0 Å². The Hall–Kier alpha value is -1.51. The number of amides is 1. The van der Waals surface area contributed by atoms with Crippen molar-refractivity contribution in [3.8, 4) is 0 Å². The Morgan fingerprint density at radius 1 is 1.14 bits per heavy atom. The summed E-state index contributed by atoms with van der Waals surface area (Å²) in [6.07, 6.45) is 1.09. The van der Waals surface area contributed by atoms with Crippen LogP contribution in [0.1, 0.15) is 42.1 Å². The molecule has 0 aliphatic rings.